The summed E-state index contributed by atoms with van der Waals surface area (Å²) in [7, 11) is 0. The molecule has 136 valence electrons. The molecule has 1 heterocycles. The topological polar surface area (TPSA) is 111 Å². The number of benzene rings is 1. The van der Waals surface area contributed by atoms with Gasteiger partial charge in [0.25, 0.3) is 11.8 Å². The van der Waals surface area contributed by atoms with Gasteiger partial charge in [-0.1, -0.05) is 18.2 Å². The van der Waals surface area contributed by atoms with Crippen LogP contribution in [-0.2, 0) is 23.9 Å². The molecule has 3 fully saturated rings. The molecule has 1 aromatic rings. The second-order valence-electron chi connectivity index (χ2n) is 6.90. The molecule has 0 radical (unpaired) electrons. The van der Waals surface area contributed by atoms with Gasteiger partial charge in [0.1, 0.15) is 6.10 Å². The molecule has 3 aliphatic rings. The third-order valence-corrected chi connectivity index (χ3v) is 5.45. The molecule has 2 saturated carbocycles. The molecule has 8 heteroatoms. The molecule has 26 heavy (non-hydrogen) atoms. The first-order valence-corrected chi connectivity index (χ1v) is 8.56. The number of fused-ring (bicyclic) bond motifs is 1. The number of hydrogen-bond donors (Lipinski definition) is 2. The molecule has 8 nitrogen and oxygen atoms in total. The summed E-state index contributed by atoms with van der Waals surface area (Å²) in [6.07, 6.45) is 1.42. The summed E-state index contributed by atoms with van der Waals surface area (Å²) >= 11 is 0. The van der Waals surface area contributed by atoms with Crippen LogP contribution in [0.4, 0.5) is 0 Å². The second kappa shape index (κ2) is 6.44. The molecule has 0 spiro atoms. The summed E-state index contributed by atoms with van der Waals surface area (Å²) < 4.78 is 10.3. The molecule has 2 bridgehead atoms. The van der Waals surface area contributed by atoms with Crippen LogP contribution >= 0.6 is 0 Å². The molecule has 2 N–H and O–H groups in total. The lowest BCUT2D eigenvalue weighted by Crippen LogP contribution is -2.44. The zero-order valence-electron chi connectivity index (χ0n) is 13.8. The van der Waals surface area contributed by atoms with E-state index in [-0.39, 0.29) is 23.9 Å². The molecule has 0 unspecified atom stereocenters. The smallest absolute Gasteiger partial charge is 0.310 e. The predicted molar refractivity (Wildman–Crippen MR) is 86.1 cm³/mol. The molecule has 2 amide bonds. The third-order valence-electron chi connectivity index (χ3n) is 5.45. The highest BCUT2D eigenvalue weighted by molar-refractivity contribution is 5.95. The Morgan fingerprint density at radius 3 is 2.65 bits per heavy atom. The van der Waals surface area contributed by atoms with Crippen LogP contribution < -0.4 is 10.9 Å². The maximum atomic E-state index is 12.3. The van der Waals surface area contributed by atoms with Crippen molar-refractivity contribution in [3.05, 3.63) is 35.9 Å². The van der Waals surface area contributed by atoms with Gasteiger partial charge >= 0.3 is 11.9 Å². The lowest BCUT2D eigenvalue weighted by molar-refractivity contribution is -0.158. The molecule has 1 aliphatic heterocycles. The first kappa shape index (κ1) is 16.6. The van der Waals surface area contributed by atoms with Gasteiger partial charge in [0, 0.05) is 11.5 Å². The monoisotopic (exact) mass is 358 g/mol. The van der Waals surface area contributed by atoms with Crippen molar-refractivity contribution in [1.29, 1.82) is 0 Å². The Morgan fingerprint density at radius 1 is 1.12 bits per heavy atom. The fourth-order valence-electron chi connectivity index (χ4n) is 4.38. The van der Waals surface area contributed by atoms with Crippen LogP contribution in [-0.4, -0.2) is 36.5 Å². The Bertz CT molecular complexity index is 762. The number of carbonyl (C=O) groups excluding carboxylic acids is 4. The Hall–Kier alpha value is -2.90. The highest BCUT2D eigenvalue weighted by Crippen LogP contribution is 2.57. The summed E-state index contributed by atoms with van der Waals surface area (Å²) in [5, 5.41) is 0. The molecule has 4 rings (SSSR count). The van der Waals surface area contributed by atoms with Crippen LogP contribution in [0.5, 0.6) is 0 Å². The standard InChI is InChI=1S/C18H18N2O6/c21-13(19-20-16(22)9-4-2-1-3-5-9)8-25-17(23)14-10-6-11-12(7-10)26-18(24)15(11)14/h1-5,10-12,14-15H,6-8H2,(H,19,21)(H,20,22)/t10-,11+,12+,14-,15-/m1/s1. The number of carbonyl (C=O) groups is 4. The van der Waals surface area contributed by atoms with E-state index in [1.807, 2.05) is 0 Å². The van der Waals surface area contributed by atoms with Crippen LogP contribution in [0.25, 0.3) is 0 Å². The van der Waals surface area contributed by atoms with Gasteiger partial charge in [-0.25, -0.2) is 0 Å². The van der Waals surface area contributed by atoms with E-state index in [0.29, 0.717) is 12.0 Å². The van der Waals surface area contributed by atoms with Gasteiger partial charge in [-0.15, -0.1) is 0 Å². The predicted octanol–water partition coefficient (Wildman–Crippen LogP) is 0.188. The van der Waals surface area contributed by atoms with Gasteiger partial charge in [0.05, 0.1) is 11.8 Å². The van der Waals surface area contributed by atoms with Crippen molar-refractivity contribution < 1.29 is 28.7 Å². The van der Waals surface area contributed by atoms with E-state index in [9.17, 15) is 19.2 Å². The van der Waals surface area contributed by atoms with Gasteiger partial charge in [0.2, 0.25) is 0 Å². The molecule has 0 aromatic heterocycles. The summed E-state index contributed by atoms with van der Waals surface area (Å²) in [6.45, 7) is -0.521. The van der Waals surface area contributed by atoms with Gasteiger partial charge in [-0.05, 0) is 30.9 Å². The minimum absolute atomic E-state index is 0.0574. The molecular formula is C18H18N2O6. The summed E-state index contributed by atoms with van der Waals surface area (Å²) in [6, 6.07) is 8.38. The minimum atomic E-state index is -0.655. The zero-order chi connectivity index (χ0) is 18.3. The summed E-state index contributed by atoms with van der Waals surface area (Å²) in [5.41, 5.74) is 4.83. The van der Waals surface area contributed by atoms with E-state index < -0.39 is 36.2 Å². The van der Waals surface area contributed by atoms with Gasteiger partial charge in [0.15, 0.2) is 6.61 Å². The first-order chi connectivity index (χ1) is 12.5. The Kier molecular flexibility index (Phi) is 4.10. The number of esters is 2. The average molecular weight is 358 g/mol. The summed E-state index contributed by atoms with van der Waals surface area (Å²) in [5.74, 6) is -2.80. The van der Waals surface area contributed by atoms with Gasteiger partial charge < -0.3 is 9.47 Å². The molecule has 1 saturated heterocycles. The lowest BCUT2D eigenvalue weighted by Gasteiger charge is -2.22. The minimum Gasteiger partial charge on any atom is -0.462 e. The van der Waals surface area contributed by atoms with Gasteiger partial charge in [-0.3, -0.25) is 30.0 Å². The number of ether oxygens (including phenoxy) is 2. The Morgan fingerprint density at radius 2 is 1.88 bits per heavy atom. The van der Waals surface area contributed by atoms with Crippen LogP contribution in [0.3, 0.4) is 0 Å². The fraction of sp³-hybridized carbons (Fsp3) is 0.444. The van der Waals surface area contributed by atoms with E-state index in [1.54, 1.807) is 30.3 Å². The van der Waals surface area contributed by atoms with E-state index in [2.05, 4.69) is 10.9 Å². The van der Waals surface area contributed by atoms with Crippen LogP contribution in [0, 0.1) is 23.7 Å². The number of hydrogen-bond acceptors (Lipinski definition) is 6. The number of hydrazine groups is 1. The normalized spacial score (nSPS) is 30.6. The largest absolute Gasteiger partial charge is 0.462 e. The van der Waals surface area contributed by atoms with Crippen molar-refractivity contribution >= 4 is 23.8 Å². The van der Waals surface area contributed by atoms with Crippen molar-refractivity contribution in [3.8, 4) is 0 Å². The van der Waals surface area contributed by atoms with Crippen molar-refractivity contribution in [2.45, 2.75) is 18.9 Å². The Balaban J connectivity index is 1.25. The van der Waals surface area contributed by atoms with Gasteiger partial charge in [-0.2, -0.15) is 0 Å². The van der Waals surface area contributed by atoms with E-state index in [1.165, 1.54) is 0 Å². The molecule has 2 aliphatic carbocycles. The number of nitrogens with one attached hydrogen (secondary N) is 2. The highest BCUT2D eigenvalue weighted by Gasteiger charge is 2.64. The molecule has 5 atom stereocenters. The van der Waals surface area contributed by atoms with Crippen molar-refractivity contribution in [3.63, 3.8) is 0 Å². The lowest BCUT2D eigenvalue weighted by atomic mass is 9.80. The molecule has 1 aromatic carbocycles. The number of rotatable bonds is 4. The Labute approximate surface area is 149 Å². The van der Waals surface area contributed by atoms with Crippen LogP contribution in [0.1, 0.15) is 23.2 Å². The maximum Gasteiger partial charge on any atom is 0.310 e. The highest BCUT2D eigenvalue weighted by atomic mass is 16.6. The zero-order valence-corrected chi connectivity index (χ0v) is 13.8. The van der Waals surface area contributed by atoms with Crippen LogP contribution in [0.15, 0.2) is 30.3 Å². The summed E-state index contributed by atoms with van der Waals surface area (Å²) in [4.78, 5) is 47.8. The van der Waals surface area contributed by atoms with Crippen molar-refractivity contribution in [2.24, 2.45) is 23.7 Å². The fourth-order valence-corrected chi connectivity index (χ4v) is 4.38. The quantitative estimate of drug-likeness (QED) is 0.587. The maximum absolute atomic E-state index is 12.3. The van der Waals surface area contributed by atoms with E-state index in [4.69, 9.17) is 9.47 Å². The van der Waals surface area contributed by atoms with E-state index in [0.717, 1.165) is 6.42 Å². The van der Waals surface area contributed by atoms with Crippen molar-refractivity contribution in [1.82, 2.24) is 10.9 Å². The SMILES string of the molecule is O=C(COC(=O)[C@@H]1[C@@H]2C[C@@H]3[C@H]1C(=O)O[C@H]3C2)NNC(=O)c1ccccc1. The van der Waals surface area contributed by atoms with Crippen molar-refractivity contribution in [2.75, 3.05) is 6.61 Å². The second-order valence-corrected chi connectivity index (χ2v) is 6.90. The third kappa shape index (κ3) is 2.81. The average Bonchev–Trinajstić information content (AvgIpc) is 3.27. The first-order valence-electron chi connectivity index (χ1n) is 8.56. The molecular weight excluding hydrogens is 340 g/mol. The van der Waals surface area contributed by atoms with E-state index >= 15 is 0 Å². The van der Waals surface area contributed by atoms with Crippen LogP contribution in [0.2, 0.25) is 0 Å². The number of amides is 2.